The maximum Gasteiger partial charge on any atom is 0.224 e. The number of anilines is 1. The molecule has 2 heterocycles. The van der Waals surface area contributed by atoms with Gasteiger partial charge in [0.2, 0.25) is 5.91 Å². The van der Waals surface area contributed by atoms with Gasteiger partial charge >= 0.3 is 0 Å². The van der Waals surface area contributed by atoms with Crippen molar-refractivity contribution < 1.29 is 4.79 Å². The van der Waals surface area contributed by atoms with E-state index in [-0.39, 0.29) is 11.9 Å². The van der Waals surface area contributed by atoms with Gasteiger partial charge in [-0.25, -0.2) is 4.98 Å². The lowest BCUT2D eigenvalue weighted by molar-refractivity contribution is -0.116. The van der Waals surface area contributed by atoms with Crippen LogP contribution in [0.2, 0.25) is 0 Å². The Morgan fingerprint density at radius 2 is 2.08 bits per heavy atom. The number of hydrogen-bond acceptors (Lipinski definition) is 3. The van der Waals surface area contributed by atoms with Gasteiger partial charge in [0.05, 0.1) is 17.6 Å². The zero-order chi connectivity index (χ0) is 18.1. The van der Waals surface area contributed by atoms with Crippen LogP contribution in [0.3, 0.4) is 0 Å². The lowest BCUT2D eigenvalue weighted by atomic mass is 9.98. The van der Waals surface area contributed by atoms with Gasteiger partial charge in [0.25, 0.3) is 0 Å². The number of benzene rings is 2. The number of aryl methyl sites for hydroxylation is 2. The third kappa shape index (κ3) is 3.10. The molecule has 0 saturated heterocycles. The molecule has 5 nitrogen and oxygen atoms in total. The number of fused-ring (bicyclic) bond motifs is 2. The molecule has 0 saturated carbocycles. The molecule has 1 amide bonds. The van der Waals surface area contributed by atoms with Crippen LogP contribution in [0.15, 0.2) is 42.5 Å². The first-order chi connectivity index (χ1) is 12.7. The molecular weight excluding hydrogens is 324 g/mol. The molecule has 0 bridgehead atoms. The van der Waals surface area contributed by atoms with Gasteiger partial charge in [-0.3, -0.25) is 4.79 Å². The van der Waals surface area contributed by atoms with Gasteiger partial charge in [-0.15, -0.1) is 0 Å². The number of para-hydroxylation sites is 2. The van der Waals surface area contributed by atoms with E-state index < -0.39 is 0 Å². The molecule has 4 rings (SSSR count). The van der Waals surface area contributed by atoms with E-state index in [1.807, 2.05) is 12.1 Å². The molecule has 2 aromatic carbocycles. The molecule has 0 radical (unpaired) electrons. The van der Waals surface area contributed by atoms with Crippen LogP contribution in [-0.2, 0) is 24.3 Å². The minimum Gasteiger partial charge on any atom is -0.327 e. The quantitative estimate of drug-likeness (QED) is 0.737. The third-order valence-corrected chi connectivity index (χ3v) is 5.14. The van der Waals surface area contributed by atoms with Crippen LogP contribution in [0.25, 0.3) is 11.0 Å². The lowest BCUT2D eigenvalue weighted by Crippen LogP contribution is -2.22. The Morgan fingerprint density at radius 1 is 1.23 bits per heavy atom. The SMILES string of the molecule is CCn1c(CNC(C)c2ccc3c(c2)CCC(=O)N3)nc2ccccc21. The molecule has 0 spiro atoms. The second-order valence-corrected chi connectivity index (χ2v) is 6.83. The molecule has 1 aromatic heterocycles. The van der Waals surface area contributed by atoms with E-state index in [1.54, 1.807) is 0 Å². The fraction of sp³-hybridized carbons (Fsp3) is 0.333. The van der Waals surface area contributed by atoms with Crippen molar-refractivity contribution in [1.82, 2.24) is 14.9 Å². The van der Waals surface area contributed by atoms with Crippen LogP contribution in [0.5, 0.6) is 0 Å². The number of imidazole rings is 1. The van der Waals surface area contributed by atoms with Gasteiger partial charge < -0.3 is 15.2 Å². The molecule has 1 unspecified atom stereocenters. The van der Waals surface area contributed by atoms with Crippen molar-refractivity contribution in [3.63, 3.8) is 0 Å². The number of rotatable bonds is 5. The van der Waals surface area contributed by atoms with E-state index in [1.165, 1.54) is 16.6 Å². The first-order valence-corrected chi connectivity index (χ1v) is 9.26. The molecule has 134 valence electrons. The van der Waals surface area contributed by atoms with E-state index in [9.17, 15) is 4.79 Å². The zero-order valence-corrected chi connectivity index (χ0v) is 15.2. The third-order valence-electron chi connectivity index (χ3n) is 5.14. The first kappa shape index (κ1) is 16.8. The zero-order valence-electron chi connectivity index (χ0n) is 15.2. The Hall–Kier alpha value is -2.66. The van der Waals surface area contributed by atoms with Crippen LogP contribution < -0.4 is 10.6 Å². The predicted octanol–water partition coefficient (Wildman–Crippen LogP) is 3.79. The number of hydrogen-bond donors (Lipinski definition) is 2. The molecule has 0 fully saturated rings. The highest BCUT2D eigenvalue weighted by atomic mass is 16.1. The molecule has 1 aliphatic rings. The Balaban J connectivity index is 1.51. The Bertz CT molecular complexity index is 960. The predicted molar refractivity (Wildman–Crippen MR) is 104 cm³/mol. The summed E-state index contributed by atoms with van der Waals surface area (Å²) in [4.78, 5) is 16.3. The van der Waals surface area contributed by atoms with Crippen molar-refractivity contribution in [3.05, 3.63) is 59.4 Å². The van der Waals surface area contributed by atoms with Crippen molar-refractivity contribution in [2.75, 3.05) is 5.32 Å². The first-order valence-electron chi connectivity index (χ1n) is 9.26. The van der Waals surface area contributed by atoms with Crippen molar-refractivity contribution in [2.45, 2.75) is 45.8 Å². The minimum atomic E-state index is 0.106. The summed E-state index contributed by atoms with van der Waals surface area (Å²) < 4.78 is 2.26. The Labute approximate surface area is 153 Å². The van der Waals surface area contributed by atoms with Crippen LogP contribution in [-0.4, -0.2) is 15.5 Å². The van der Waals surface area contributed by atoms with E-state index in [2.05, 4.69) is 59.4 Å². The molecule has 1 aliphatic heterocycles. The highest BCUT2D eigenvalue weighted by Crippen LogP contribution is 2.26. The number of amides is 1. The van der Waals surface area contributed by atoms with Crippen molar-refractivity contribution in [3.8, 4) is 0 Å². The summed E-state index contributed by atoms with van der Waals surface area (Å²) in [6.07, 6.45) is 1.38. The monoisotopic (exact) mass is 348 g/mol. The molecule has 0 aliphatic carbocycles. The lowest BCUT2D eigenvalue weighted by Gasteiger charge is -2.20. The van der Waals surface area contributed by atoms with Gasteiger partial charge in [0.1, 0.15) is 5.82 Å². The average molecular weight is 348 g/mol. The number of nitrogens with one attached hydrogen (secondary N) is 2. The summed E-state index contributed by atoms with van der Waals surface area (Å²) in [6, 6.07) is 14.8. The van der Waals surface area contributed by atoms with Gasteiger partial charge in [0, 0.05) is 24.7 Å². The number of carbonyl (C=O) groups is 1. The van der Waals surface area contributed by atoms with Gasteiger partial charge in [0.15, 0.2) is 0 Å². The summed E-state index contributed by atoms with van der Waals surface area (Å²) in [6.45, 7) is 5.95. The normalized spacial score (nSPS) is 14.9. The topological polar surface area (TPSA) is 59.0 Å². The summed E-state index contributed by atoms with van der Waals surface area (Å²) in [5.74, 6) is 1.17. The summed E-state index contributed by atoms with van der Waals surface area (Å²) in [5.41, 5.74) is 5.63. The Kier molecular flexibility index (Phi) is 4.47. The second kappa shape index (κ2) is 6.92. The number of nitrogens with zero attached hydrogens (tertiary/aromatic N) is 2. The maximum atomic E-state index is 11.5. The molecule has 3 aromatic rings. The standard InChI is InChI=1S/C21H24N4O/c1-3-25-19-7-5-4-6-18(19)23-20(25)13-22-14(2)15-8-10-17-16(12-15)9-11-21(26)24-17/h4-8,10,12,14,22H,3,9,11,13H2,1-2H3,(H,24,26). The molecule has 2 N–H and O–H groups in total. The molecular formula is C21H24N4O. The van der Waals surface area contributed by atoms with E-state index in [0.29, 0.717) is 6.42 Å². The molecule has 26 heavy (non-hydrogen) atoms. The van der Waals surface area contributed by atoms with Crippen LogP contribution in [0.1, 0.15) is 43.3 Å². The number of aromatic nitrogens is 2. The maximum absolute atomic E-state index is 11.5. The highest BCUT2D eigenvalue weighted by Gasteiger charge is 2.17. The van der Waals surface area contributed by atoms with Crippen LogP contribution in [0, 0.1) is 0 Å². The van der Waals surface area contributed by atoms with E-state index in [0.717, 1.165) is 36.5 Å². The summed E-state index contributed by atoms with van der Waals surface area (Å²) in [5, 5.41) is 6.54. The fourth-order valence-corrected chi connectivity index (χ4v) is 3.65. The van der Waals surface area contributed by atoms with E-state index in [4.69, 9.17) is 4.98 Å². The number of carbonyl (C=O) groups excluding carboxylic acids is 1. The van der Waals surface area contributed by atoms with Crippen molar-refractivity contribution in [2.24, 2.45) is 0 Å². The average Bonchev–Trinajstić information content (AvgIpc) is 3.03. The summed E-state index contributed by atoms with van der Waals surface area (Å²) in [7, 11) is 0. The summed E-state index contributed by atoms with van der Waals surface area (Å²) >= 11 is 0. The van der Waals surface area contributed by atoms with Gasteiger partial charge in [-0.1, -0.05) is 24.3 Å². The van der Waals surface area contributed by atoms with Crippen LogP contribution >= 0.6 is 0 Å². The van der Waals surface area contributed by atoms with Crippen molar-refractivity contribution >= 4 is 22.6 Å². The Morgan fingerprint density at radius 3 is 2.92 bits per heavy atom. The minimum absolute atomic E-state index is 0.106. The molecule has 1 atom stereocenters. The second-order valence-electron chi connectivity index (χ2n) is 6.83. The highest BCUT2D eigenvalue weighted by molar-refractivity contribution is 5.93. The van der Waals surface area contributed by atoms with Gasteiger partial charge in [-0.2, -0.15) is 0 Å². The fourth-order valence-electron chi connectivity index (χ4n) is 3.65. The van der Waals surface area contributed by atoms with Crippen molar-refractivity contribution in [1.29, 1.82) is 0 Å². The molecule has 5 heteroatoms. The van der Waals surface area contributed by atoms with Crippen LogP contribution in [0.4, 0.5) is 5.69 Å². The van der Waals surface area contributed by atoms with E-state index >= 15 is 0 Å². The largest absolute Gasteiger partial charge is 0.327 e. The smallest absolute Gasteiger partial charge is 0.224 e. The van der Waals surface area contributed by atoms with Gasteiger partial charge in [-0.05, 0) is 49.6 Å².